The summed E-state index contributed by atoms with van der Waals surface area (Å²) >= 11 is 1.94. The zero-order chi connectivity index (χ0) is 12.8. The number of hydrogen-bond acceptors (Lipinski definition) is 4. The maximum atomic E-state index is 11.5. The fourth-order valence-electron chi connectivity index (χ4n) is 1.41. The summed E-state index contributed by atoms with van der Waals surface area (Å²) in [5.74, 6) is -1.77. The van der Waals surface area contributed by atoms with Crippen molar-refractivity contribution in [3.8, 4) is 0 Å². The topological polar surface area (TPSA) is 75.6 Å². The molecule has 0 aromatic heterocycles. The Morgan fingerprint density at radius 1 is 1.41 bits per heavy atom. The van der Waals surface area contributed by atoms with Gasteiger partial charge in [0.05, 0.1) is 18.6 Å². The van der Waals surface area contributed by atoms with Crippen LogP contribution in [0.25, 0.3) is 0 Å². The third-order valence-corrected chi connectivity index (χ3v) is 2.77. The summed E-state index contributed by atoms with van der Waals surface area (Å²) in [7, 11) is 1.33. The highest BCUT2D eigenvalue weighted by Gasteiger charge is 2.20. The van der Waals surface area contributed by atoms with E-state index in [0.29, 0.717) is 6.54 Å². The Kier molecular flexibility index (Phi) is 5.36. The van der Waals surface area contributed by atoms with Crippen LogP contribution in [-0.2, 0) is 9.53 Å². The smallest absolute Gasteiger partial charge is 0.335 e. The van der Waals surface area contributed by atoms with Gasteiger partial charge in [0, 0.05) is 29.4 Å². The molecule has 0 aliphatic rings. The van der Waals surface area contributed by atoms with Gasteiger partial charge in [-0.3, -0.25) is 8.32 Å². The number of carbonyl (C=O) groups excluding carboxylic acids is 1. The quantitative estimate of drug-likeness (QED) is 0.480. The van der Waals surface area contributed by atoms with E-state index in [4.69, 9.17) is 9.84 Å². The number of aromatic carboxylic acids is 1. The van der Waals surface area contributed by atoms with Crippen LogP contribution in [0.5, 0.6) is 0 Å². The van der Waals surface area contributed by atoms with E-state index in [9.17, 15) is 9.59 Å². The zero-order valence-electron chi connectivity index (χ0n) is 9.14. The Morgan fingerprint density at radius 2 is 2.00 bits per heavy atom. The second-order valence-corrected chi connectivity index (χ2v) is 4.10. The van der Waals surface area contributed by atoms with E-state index in [1.54, 1.807) is 12.1 Å². The van der Waals surface area contributed by atoms with E-state index in [1.807, 2.05) is 22.9 Å². The van der Waals surface area contributed by atoms with Crippen molar-refractivity contribution in [3.05, 3.63) is 35.4 Å². The van der Waals surface area contributed by atoms with Crippen molar-refractivity contribution in [3.63, 3.8) is 0 Å². The Bertz CT molecular complexity index is 404. The molecule has 1 atom stereocenters. The van der Waals surface area contributed by atoms with Crippen molar-refractivity contribution in [1.82, 2.24) is 3.53 Å². The van der Waals surface area contributed by atoms with Crippen molar-refractivity contribution >= 4 is 34.8 Å². The first-order valence-corrected chi connectivity index (χ1v) is 5.92. The highest BCUT2D eigenvalue weighted by atomic mass is 127. The molecule has 0 heterocycles. The van der Waals surface area contributed by atoms with Crippen molar-refractivity contribution in [1.29, 1.82) is 0 Å². The molecule has 1 aromatic carbocycles. The van der Waals surface area contributed by atoms with Gasteiger partial charge in [-0.25, -0.2) is 4.79 Å². The number of benzene rings is 1. The molecule has 0 saturated carbocycles. The van der Waals surface area contributed by atoms with Crippen LogP contribution in [0.4, 0.5) is 0 Å². The van der Waals surface area contributed by atoms with Crippen LogP contribution < -0.4 is 3.53 Å². The number of carboxylic acid groups (broad SMARTS) is 1. The molecule has 5 nitrogen and oxygen atoms in total. The van der Waals surface area contributed by atoms with Crippen LogP contribution in [0.1, 0.15) is 21.8 Å². The second kappa shape index (κ2) is 6.55. The average Bonchev–Trinajstić information content (AvgIpc) is 2.35. The van der Waals surface area contributed by atoms with E-state index < -0.39 is 11.9 Å². The molecule has 0 bridgehead atoms. The maximum absolute atomic E-state index is 11.5. The molecule has 17 heavy (non-hydrogen) atoms. The summed E-state index contributed by atoms with van der Waals surface area (Å²) in [6, 6.07) is 6.19. The van der Waals surface area contributed by atoms with Crippen LogP contribution in [-0.4, -0.2) is 30.7 Å². The van der Waals surface area contributed by atoms with Crippen LogP contribution in [0, 0.1) is 0 Å². The first-order chi connectivity index (χ1) is 8.10. The van der Waals surface area contributed by atoms with Gasteiger partial charge in [0.25, 0.3) is 0 Å². The molecule has 0 aliphatic carbocycles. The van der Waals surface area contributed by atoms with Crippen molar-refractivity contribution in [2.24, 2.45) is 0 Å². The lowest BCUT2D eigenvalue weighted by Crippen LogP contribution is -2.22. The molecule has 0 aliphatic heterocycles. The lowest BCUT2D eigenvalue weighted by molar-refractivity contribution is -0.142. The highest BCUT2D eigenvalue weighted by Crippen LogP contribution is 2.18. The Morgan fingerprint density at radius 3 is 2.41 bits per heavy atom. The molecule has 0 spiro atoms. The predicted octanol–water partition coefficient (Wildman–Crippen LogP) is 1.58. The minimum absolute atomic E-state index is 0.194. The van der Waals surface area contributed by atoms with Crippen LogP contribution >= 0.6 is 22.9 Å². The van der Waals surface area contributed by atoms with E-state index in [1.165, 1.54) is 19.2 Å². The van der Waals surface area contributed by atoms with Gasteiger partial charge in [-0.1, -0.05) is 12.1 Å². The van der Waals surface area contributed by atoms with E-state index in [0.717, 1.165) is 5.56 Å². The number of carboxylic acids is 1. The van der Waals surface area contributed by atoms with Gasteiger partial charge in [0.15, 0.2) is 0 Å². The summed E-state index contributed by atoms with van der Waals surface area (Å²) in [6.45, 7) is 0.430. The summed E-state index contributed by atoms with van der Waals surface area (Å²) in [5.41, 5.74) is 0.922. The van der Waals surface area contributed by atoms with Crippen molar-refractivity contribution < 1.29 is 19.4 Å². The fraction of sp³-hybridized carbons (Fsp3) is 0.273. The summed E-state index contributed by atoms with van der Waals surface area (Å²) in [4.78, 5) is 22.2. The summed E-state index contributed by atoms with van der Waals surface area (Å²) < 4.78 is 7.57. The minimum atomic E-state index is -0.988. The number of nitrogens with one attached hydrogen (secondary N) is 1. The fourth-order valence-corrected chi connectivity index (χ4v) is 1.86. The number of rotatable bonds is 5. The molecule has 2 N–H and O–H groups in total. The molecular formula is C11H12INO4. The van der Waals surface area contributed by atoms with Gasteiger partial charge in [0.1, 0.15) is 0 Å². The molecule has 1 aromatic rings. The molecule has 0 fully saturated rings. The Hall–Kier alpha value is -1.15. The molecule has 0 saturated heterocycles. The van der Waals surface area contributed by atoms with Gasteiger partial charge in [-0.15, -0.1) is 0 Å². The first-order valence-electron chi connectivity index (χ1n) is 4.84. The van der Waals surface area contributed by atoms with Gasteiger partial charge in [-0.2, -0.15) is 0 Å². The first kappa shape index (κ1) is 13.9. The highest BCUT2D eigenvalue weighted by molar-refractivity contribution is 14.1. The molecular weight excluding hydrogens is 337 g/mol. The maximum Gasteiger partial charge on any atom is 0.335 e. The second-order valence-electron chi connectivity index (χ2n) is 3.34. The molecule has 6 heteroatoms. The Labute approximate surface area is 113 Å². The third kappa shape index (κ3) is 3.67. The largest absolute Gasteiger partial charge is 0.478 e. The summed E-state index contributed by atoms with van der Waals surface area (Å²) in [6.07, 6.45) is 0. The van der Waals surface area contributed by atoms with Gasteiger partial charge in [0.2, 0.25) is 0 Å². The van der Waals surface area contributed by atoms with Crippen LogP contribution in [0.2, 0.25) is 0 Å². The van der Waals surface area contributed by atoms with Gasteiger partial charge >= 0.3 is 11.9 Å². The number of ether oxygens (including phenoxy) is 1. The van der Waals surface area contributed by atoms with E-state index in [2.05, 4.69) is 3.53 Å². The van der Waals surface area contributed by atoms with Crippen molar-refractivity contribution in [2.75, 3.05) is 13.7 Å². The van der Waals surface area contributed by atoms with E-state index >= 15 is 0 Å². The minimum Gasteiger partial charge on any atom is -0.478 e. The van der Waals surface area contributed by atoms with Crippen LogP contribution in [0.15, 0.2) is 24.3 Å². The lowest BCUT2D eigenvalue weighted by Gasteiger charge is -2.13. The zero-order valence-corrected chi connectivity index (χ0v) is 11.3. The molecule has 92 valence electrons. The summed E-state index contributed by atoms with van der Waals surface area (Å²) in [5, 5.41) is 8.77. The molecule has 0 amide bonds. The standard InChI is InChI=1S/C11H12INO4/c1-17-11(16)9(6-13-12)7-2-4-8(5-3-7)10(14)15/h2-5,9,13H,6H2,1H3,(H,14,15). The SMILES string of the molecule is COC(=O)C(CNI)c1ccc(C(=O)O)cc1. The van der Waals surface area contributed by atoms with E-state index in [-0.39, 0.29) is 11.5 Å². The van der Waals surface area contributed by atoms with Gasteiger partial charge in [-0.05, 0) is 17.7 Å². The monoisotopic (exact) mass is 349 g/mol. The normalized spacial score (nSPS) is 11.9. The molecule has 1 unspecified atom stereocenters. The number of hydrogen-bond donors (Lipinski definition) is 2. The third-order valence-electron chi connectivity index (χ3n) is 2.33. The number of carbonyl (C=O) groups is 2. The average molecular weight is 349 g/mol. The number of halogens is 1. The van der Waals surface area contributed by atoms with Crippen LogP contribution in [0.3, 0.4) is 0 Å². The Balaban J connectivity index is 2.94. The number of esters is 1. The molecule has 1 rings (SSSR count). The molecule has 0 radical (unpaired) electrons. The van der Waals surface area contributed by atoms with Gasteiger partial charge < -0.3 is 9.84 Å². The number of methoxy groups -OCH3 is 1. The van der Waals surface area contributed by atoms with Crippen molar-refractivity contribution in [2.45, 2.75) is 5.92 Å². The predicted molar refractivity (Wildman–Crippen MR) is 70.2 cm³/mol. The lowest BCUT2D eigenvalue weighted by atomic mass is 9.98.